The second kappa shape index (κ2) is 10.7. The van der Waals surface area contributed by atoms with E-state index in [-0.39, 0.29) is 6.10 Å². The third-order valence-electron chi connectivity index (χ3n) is 5.50. The second-order valence-corrected chi connectivity index (χ2v) is 8.19. The zero-order valence-corrected chi connectivity index (χ0v) is 18.3. The highest BCUT2D eigenvalue weighted by Gasteiger charge is 2.44. The molecule has 8 heteroatoms. The lowest BCUT2D eigenvalue weighted by Gasteiger charge is -2.40. The predicted molar refractivity (Wildman–Crippen MR) is 115 cm³/mol. The molecular weight excluding hydrogens is 424 g/mol. The third-order valence-corrected chi connectivity index (χ3v) is 5.86. The molecule has 6 atom stereocenters. The van der Waals surface area contributed by atoms with E-state index in [0.717, 1.165) is 16.9 Å². The van der Waals surface area contributed by atoms with Crippen LogP contribution in [0.4, 0.5) is 0 Å². The summed E-state index contributed by atoms with van der Waals surface area (Å²) < 4.78 is 16.5. The molecule has 1 aliphatic heterocycles. The van der Waals surface area contributed by atoms with E-state index in [1.54, 1.807) is 25.3 Å². The molecule has 0 aliphatic carbocycles. The summed E-state index contributed by atoms with van der Waals surface area (Å²) in [5.41, 5.74) is 2.43. The number of aliphatic hydroxyl groups is 4. The maximum absolute atomic E-state index is 10.4. The van der Waals surface area contributed by atoms with Gasteiger partial charge in [-0.25, -0.2) is 0 Å². The van der Waals surface area contributed by atoms with Gasteiger partial charge in [-0.1, -0.05) is 35.9 Å². The van der Waals surface area contributed by atoms with Gasteiger partial charge in [-0.15, -0.1) is 0 Å². The van der Waals surface area contributed by atoms with E-state index in [4.69, 9.17) is 25.8 Å². The van der Waals surface area contributed by atoms with Crippen molar-refractivity contribution in [3.63, 3.8) is 0 Å². The Morgan fingerprint density at radius 1 is 1.03 bits per heavy atom. The quantitative estimate of drug-likeness (QED) is 0.484. The van der Waals surface area contributed by atoms with Gasteiger partial charge in [0, 0.05) is 12.1 Å². The molecule has 2 aromatic rings. The van der Waals surface area contributed by atoms with E-state index in [1.807, 2.05) is 31.2 Å². The van der Waals surface area contributed by atoms with Gasteiger partial charge in [0.15, 0.2) is 0 Å². The van der Waals surface area contributed by atoms with Crippen molar-refractivity contribution >= 4 is 11.6 Å². The number of hydrogen-bond donors (Lipinski definition) is 4. The van der Waals surface area contributed by atoms with Crippen LogP contribution in [-0.4, -0.2) is 71.3 Å². The average Bonchev–Trinajstić information content (AvgIpc) is 2.78. The van der Waals surface area contributed by atoms with E-state index >= 15 is 0 Å². The first-order chi connectivity index (χ1) is 14.8. The van der Waals surface area contributed by atoms with Crippen molar-refractivity contribution in [1.29, 1.82) is 0 Å². The Bertz CT molecular complexity index is 842. The van der Waals surface area contributed by atoms with Gasteiger partial charge in [-0.2, -0.15) is 0 Å². The Morgan fingerprint density at radius 2 is 1.74 bits per heavy atom. The highest BCUT2D eigenvalue weighted by molar-refractivity contribution is 6.31. The fourth-order valence-electron chi connectivity index (χ4n) is 3.49. The van der Waals surface area contributed by atoms with E-state index in [2.05, 4.69) is 0 Å². The van der Waals surface area contributed by atoms with Crippen LogP contribution in [0.15, 0.2) is 42.5 Å². The van der Waals surface area contributed by atoms with Crippen molar-refractivity contribution < 1.29 is 34.6 Å². The first kappa shape index (κ1) is 23.9. The molecule has 1 fully saturated rings. The van der Waals surface area contributed by atoms with Crippen LogP contribution in [0.25, 0.3) is 0 Å². The number of ether oxygens (including phenoxy) is 3. The SMILES string of the molecule is CO[C@@H](C)COc1ccc(Cc2cc([C@@H]3O[C@H](CO)[C@@H](O)[C@H](O)[C@H]3O)ccc2Cl)cc1. The molecule has 1 aliphatic rings. The van der Waals surface area contributed by atoms with Crippen LogP contribution in [-0.2, 0) is 15.9 Å². The molecule has 0 unspecified atom stereocenters. The highest BCUT2D eigenvalue weighted by Crippen LogP contribution is 2.34. The molecule has 1 heterocycles. The first-order valence-electron chi connectivity index (χ1n) is 10.2. The molecular formula is C23H29ClO7. The van der Waals surface area contributed by atoms with Crippen LogP contribution >= 0.6 is 11.6 Å². The Balaban J connectivity index is 1.74. The lowest BCUT2D eigenvalue weighted by Crippen LogP contribution is -2.55. The van der Waals surface area contributed by atoms with Crippen molar-refractivity contribution in [1.82, 2.24) is 0 Å². The molecule has 0 bridgehead atoms. The van der Waals surface area contributed by atoms with Crippen LogP contribution in [0.2, 0.25) is 5.02 Å². The molecule has 7 nitrogen and oxygen atoms in total. The van der Waals surface area contributed by atoms with Crippen LogP contribution < -0.4 is 4.74 Å². The summed E-state index contributed by atoms with van der Waals surface area (Å²) in [4.78, 5) is 0. The molecule has 0 spiro atoms. The minimum atomic E-state index is -1.43. The summed E-state index contributed by atoms with van der Waals surface area (Å²) in [6.45, 7) is 1.92. The molecule has 31 heavy (non-hydrogen) atoms. The maximum atomic E-state index is 10.4. The van der Waals surface area contributed by atoms with E-state index in [0.29, 0.717) is 23.6 Å². The lowest BCUT2D eigenvalue weighted by molar-refractivity contribution is -0.231. The van der Waals surface area contributed by atoms with Crippen LogP contribution in [0.3, 0.4) is 0 Å². The van der Waals surface area contributed by atoms with Crippen molar-refractivity contribution in [3.8, 4) is 5.75 Å². The number of aliphatic hydroxyl groups excluding tert-OH is 4. The zero-order valence-electron chi connectivity index (χ0n) is 17.5. The smallest absolute Gasteiger partial charge is 0.119 e. The topological polar surface area (TPSA) is 109 Å². The molecule has 1 saturated heterocycles. The molecule has 2 aromatic carbocycles. The second-order valence-electron chi connectivity index (χ2n) is 7.78. The molecule has 0 aromatic heterocycles. The van der Waals surface area contributed by atoms with Crippen LogP contribution in [0.5, 0.6) is 5.75 Å². The van der Waals surface area contributed by atoms with Gasteiger partial charge in [-0.05, 0) is 48.2 Å². The summed E-state index contributed by atoms with van der Waals surface area (Å²) in [6.07, 6.45) is -5.47. The van der Waals surface area contributed by atoms with E-state index < -0.39 is 37.1 Å². The van der Waals surface area contributed by atoms with E-state index in [1.165, 1.54) is 0 Å². The Kier molecular flexibility index (Phi) is 8.30. The standard InChI is InChI=1S/C23H29ClO7/c1-13(29-2)12-30-17-6-3-14(4-7-17)9-16-10-15(5-8-18(16)24)23-22(28)21(27)20(26)19(11-25)31-23/h3-8,10,13,19-23,25-28H,9,11-12H2,1-2H3/t13-,19+,20+,21-,22+,23-/m0/s1. The summed E-state index contributed by atoms with van der Waals surface area (Å²) in [7, 11) is 1.64. The zero-order chi connectivity index (χ0) is 22.5. The number of benzene rings is 2. The van der Waals surface area contributed by atoms with E-state index in [9.17, 15) is 20.4 Å². The van der Waals surface area contributed by atoms with Gasteiger partial charge in [0.05, 0.1) is 12.7 Å². The normalized spacial score (nSPS) is 27.1. The fraction of sp³-hybridized carbons (Fsp3) is 0.478. The van der Waals surface area contributed by atoms with Crippen molar-refractivity contribution in [2.75, 3.05) is 20.3 Å². The molecule has 3 rings (SSSR count). The average molecular weight is 453 g/mol. The Labute approximate surface area is 186 Å². The fourth-order valence-corrected chi connectivity index (χ4v) is 3.67. The maximum Gasteiger partial charge on any atom is 0.119 e. The monoisotopic (exact) mass is 452 g/mol. The van der Waals surface area contributed by atoms with Crippen molar-refractivity contribution in [2.45, 2.75) is 50.0 Å². The third kappa shape index (κ3) is 5.75. The van der Waals surface area contributed by atoms with Crippen molar-refractivity contribution in [2.24, 2.45) is 0 Å². The molecule has 0 radical (unpaired) electrons. The van der Waals surface area contributed by atoms with Crippen molar-refractivity contribution in [3.05, 3.63) is 64.2 Å². The van der Waals surface area contributed by atoms with Gasteiger partial charge in [-0.3, -0.25) is 0 Å². The molecule has 0 saturated carbocycles. The molecule has 0 amide bonds. The Morgan fingerprint density at radius 3 is 2.39 bits per heavy atom. The molecule has 4 N–H and O–H groups in total. The van der Waals surface area contributed by atoms with Gasteiger partial charge >= 0.3 is 0 Å². The number of hydrogen-bond acceptors (Lipinski definition) is 7. The Hall–Kier alpha value is -1.71. The number of halogens is 1. The van der Waals surface area contributed by atoms with Crippen LogP contribution in [0.1, 0.15) is 29.7 Å². The minimum Gasteiger partial charge on any atom is -0.491 e. The largest absolute Gasteiger partial charge is 0.491 e. The summed E-state index contributed by atoms with van der Waals surface area (Å²) in [5.74, 6) is 0.744. The number of rotatable bonds is 8. The minimum absolute atomic E-state index is 0.00337. The van der Waals surface area contributed by atoms with Gasteiger partial charge in [0.25, 0.3) is 0 Å². The van der Waals surface area contributed by atoms with Crippen LogP contribution in [0, 0.1) is 0 Å². The summed E-state index contributed by atoms with van der Waals surface area (Å²) in [6, 6.07) is 12.9. The highest BCUT2D eigenvalue weighted by atomic mass is 35.5. The van der Waals surface area contributed by atoms with Gasteiger partial charge in [0.1, 0.15) is 42.9 Å². The predicted octanol–water partition coefficient (Wildman–Crippen LogP) is 1.86. The summed E-state index contributed by atoms with van der Waals surface area (Å²) >= 11 is 6.39. The van der Waals surface area contributed by atoms with Gasteiger partial charge < -0.3 is 34.6 Å². The lowest BCUT2D eigenvalue weighted by atomic mass is 9.90. The number of methoxy groups -OCH3 is 1. The van der Waals surface area contributed by atoms with Gasteiger partial charge in [0.2, 0.25) is 0 Å². The summed E-state index contributed by atoms with van der Waals surface area (Å²) in [5, 5.41) is 40.4. The first-order valence-corrected chi connectivity index (χ1v) is 10.5. The molecule has 170 valence electrons.